The molecule has 2 aromatic rings. The summed E-state index contributed by atoms with van der Waals surface area (Å²) in [5.41, 5.74) is 2.49. The Morgan fingerprint density at radius 2 is 2.00 bits per heavy atom. The highest BCUT2D eigenvalue weighted by Gasteiger charge is 2.17. The molecule has 1 heterocycles. The lowest BCUT2D eigenvalue weighted by Crippen LogP contribution is -2.20. The minimum Gasteiger partial charge on any atom is -0.325 e. The van der Waals surface area contributed by atoms with Gasteiger partial charge in [0.2, 0.25) is 5.91 Å². The maximum atomic E-state index is 12.1. The van der Waals surface area contributed by atoms with Crippen molar-refractivity contribution in [3.8, 4) is 0 Å². The summed E-state index contributed by atoms with van der Waals surface area (Å²) in [7, 11) is 0. The van der Waals surface area contributed by atoms with Crippen LogP contribution in [0.5, 0.6) is 0 Å². The number of rotatable bonds is 4. The highest BCUT2D eigenvalue weighted by atomic mass is 79.9. The van der Waals surface area contributed by atoms with E-state index in [1.165, 1.54) is 11.8 Å². The number of thioether (sulfide) groups is 1. The molecule has 23 heavy (non-hydrogen) atoms. The highest BCUT2D eigenvalue weighted by Crippen LogP contribution is 2.27. The van der Waals surface area contributed by atoms with Crippen molar-refractivity contribution in [2.45, 2.75) is 30.7 Å². The summed E-state index contributed by atoms with van der Waals surface area (Å²) in [5.74, 6) is 0.128. The summed E-state index contributed by atoms with van der Waals surface area (Å²) in [6.07, 6.45) is 3.97. The van der Waals surface area contributed by atoms with E-state index in [1.54, 1.807) is 0 Å². The molecular weight excluding hydrogens is 378 g/mol. The van der Waals surface area contributed by atoms with E-state index in [4.69, 9.17) is 0 Å². The number of amides is 1. The van der Waals surface area contributed by atoms with Gasteiger partial charge in [-0.15, -0.1) is 0 Å². The molecule has 2 N–H and O–H groups in total. The normalized spacial score (nSPS) is 13.4. The summed E-state index contributed by atoms with van der Waals surface area (Å²) in [6.45, 7) is 0. The molecule has 0 fully saturated rings. The number of aromatic nitrogens is 2. The molecule has 1 aliphatic carbocycles. The highest BCUT2D eigenvalue weighted by molar-refractivity contribution is 9.10. The fourth-order valence-electron chi connectivity index (χ4n) is 2.58. The molecule has 0 saturated heterocycles. The minimum atomic E-state index is -0.332. The number of benzene rings is 1. The largest absolute Gasteiger partial charge is 0.346 e. The molecule has 0 saturated carbocycles. The summed E-state index contributed by atoms with van der Waals surface area (Å²) in [4.78, 5) is 30.6. The number of fused-ring (bicyclic) bond motifs is 1. The van der Waals surface area contributed by atoms with Crippen LogP contribution in [0.15, 0.2) is 38.6 Å². The van der Waals surface area contributed by atoms with E-state index in [9.17, 15) is 9.59 Å². The first-order valence-corrected chi connectivity index (χ1v) is 9.20. The van der Waals surface area contributed by atoms with Gasteiger partial charge in [0.05, 0.1) is 5.75 Å². The summed E-state index contributed by atoms with van der Waals surface area (Å²) in [5, 5.41) is 3.53. The number of H-pyrrole nitrogens is 1. The fourth-order valence-corrected chi connectivity index (χ4v) is 3.73. The topological polar surface area (TPSA) is 74.8 Å². The van der Waals surface area contributed by atoms with Crippen LogP contribution in [0.2, 0.25) is 0 Å². The van der Waals surface area contributed by atoms with Crippen molar-refractivity contribution in [3.05, 3.63) is 50.5 Å². The number of nitrogens with zero attached hydrogens (tertiary/aromatic N) is 1. The fraction of sp³-hybridized carbons (Fsp3) is 0.312. The number of hydrogen-bond donors (Lipinski definition) is 2. The third-order valence-electron chi connectivity index (χ3n) is 3.65. The van der Waals surface area contributed by atoms with Crippen molar-refractivity contribution in [2.75, 3.05) is 11.1 Å². The predicted molar refractivity (Wildman–Crippen MR) is 95.0 cm³/mol. The van der Waals surface area contributed by atoms with Gasteiger partial charge in [-0.2, -0.15) is 4.98 Å². The molecule has 0 radical (unpaired) electrons. The lowest BCUT2D eigenvalue weighted by atomic mass is 9.98. The van der Waals surface area contributed by atoms with Crippen molar-refractivity contribution >= 4 is 39.3 Å². The number of carbonyl (C=O) groups excluding carboxylic acids is 1. The molecule has 0 spiro atoms. The number of anilines is 1. The monoisotopic (exact) mass is 393 g/mol. The number of aromatic amines is 1. The predicted octanol–water partition coefficient (Wildman–Crippen LogP) is 3.14. The zero-order valence-corrected chi connectivity index (χ0v) is 14.8. The van der Waals surface area contributed by atoms with Gasteiger partial charge in [-0.05, 0) is 49.9 Å². The number of halogens is 1. The average molecular weight is 394 g/mol. The van der Waals surface area contributed by atoms with Crippen LogP contribution in [0.4, 0.5) is 5.69 Å². The van der Waals surface area contributed by atoms with Crippen LogP contribution in [-0.4, -0.2) is 21.6 Å². The third kappa shape index (κ3) is 4.23. The van der Waals surface area contributed by atoms with E-state index >= 15 is 0 Å². The lowest BCUT2D eigenvalue weighted by Gasteiger charge is -2.17. The first-order valence-electron chi connectivity index (χ1n) is 7.42. The Kier molecular flexibility index (Phi) is 5.17. The maximum absolute atomic E-state index is 12.1. The molecule has 1 aromatic heterocycles. The quantitative estimate of drug-likeness (QED) is 0.617. The first-order chi connectivity index (χ1) is 11.1. The van der Waals surface area contributed by atoms with Gasteiger partial charge in [0.15, 0.2) is 0 Å². The Labute approximate surface area is 146 Å². The Balaban J connectivity index is 1.66. The smallest absolute Gasteiger partial charge is 0.325 e. The van der Waals surface area contributed by atoms with E-state index in [1.807, 2.05) is 24.3 Å². The van der Waals surface area contributed by atoms with Gasteiger partial charge in [0.1, 0.15) is 5.03 Å². The Bertz CT molecular complexity index is 774. The van der Waals surface area contributed by atoms with Crippen molar-refractivity contribution < 1.29 is 4.79 Å². The van der Waals surface area contributed by atoms with Gasteiger partial charge in [0.25, 0.3) is 0 Å². The van der Waals surface area contributed by atoms with Crippen LogP contribution in [0.1, 0.15) is 24.1 Å². The standard InChI is InChI=1S/C16H16BrN3O2S/c17-10-5-7-11(8-6-10)18-14(21)9-23-15-12-3-1-2-4-13(12)19-16(22)20-15/h5-8H,1-4,9H2,(H,18,21)(H,19,20,22). The Hall–Kier alpha value is -1.60. The molecule has 0 unspecified atom stereocenters. The summed E-state index contributed by atoms with van der Waals surface area (Å²) >= 11 is 4.68. The van der Waals surface area contributed by atoms with E-state index in [0.29, 0.717) is 5.03 Å². The second kappa shape index (κ2) is 7.31. The Morgan fingerprint density at radius 3 is 2.78 bits per heavy atom. The van der Waals surface area contributed by atoms with Crippen LogP contribution in [-0.2, 0) is 17.6 Å². The van der Waals surface area contributed by atoms with E-state index in [2.05, 4.69) is 31.2 Å². The second-order valence-electron chi connectivity index (χ2n) is 5.36. The van der Waals surface area contributed by atoms with Gasteiger partial charge in [-0.1, -0.05) is 27.7 Å². The van der Waals surface area contributed by atoms with Gasteiger partial charge >= 0.3 is 5.69 Å². The van der Waals surface area contributed by atoms with Crippen molar-refractivity contribution in [3.63, 3.8) is 0 Å². The minimum absolute atomic E-state index is 0.107. The molecular formula is C16H16BrN3O2S. The summed E-state index contributed by atoms with van der Waals surface area (Å²) < 4.78 is 0.962. The lowest BCUT2D eigenvalue weighted by molar-refractivity contribution is -0.113. The van der Waals surface area contributed by atoms with Crippen LogP contribution >= 0.6 is 27.7 Å². The molecule has 1 aliphatic rings. The zero-order chi connectivity index (χ0) is 16.2. The van der Waals surface area contributed by atoms with E-state index in [-0.39, 0.29) is 17.3 Å². The number of nitrogens with one attached hydrogen (secondary N) is 2. The SMILES string of the molecule is O=C(CSc1nc(=O)[nH]c2c1CCCC2)Nc1ccc(Br)cc1. The maximum Gasteiger partial charge on any atom is 0.346 e. The van der Waals surface area contributed by atoms with E-state index < -0.39 is 0 Å². The Morgan fingerprint density at radius 1 is 1.26 bits per heavy atom. The van der Waals surface area contributed by atoms with Crippen LogP contribution in [0.25, 0.3) is 0 Å². The van der Waals surface area contributed by atoms with Crippen LogP contribution < -0.4 is 11.0 Å². The van der Waals surface area contributed by atoms with Crippen LogP contribution in [0, 0.1) is 0 Å². The average Bonchev–Trinajstić information content (AvgIpc) is 2.54. The molecule has 5 nitrogen and oxygen atoms in total. The van der Waals surface area contributed by atoms with Gasteiger partial charge in [0, 0.05) is 21.4 Å². The molecule has 1 amide bonds. The molecule has 7 heteroatoms. The third-order valence-corrected chi connectivity index (χ3v) is 5.20. The van der Waals surface area contributed by atoms with Gasteiger partial charge in [-0.3, -0.25) is 4.79 Å². The zero-order valence-electron chi connectivity index (χ0n) is 12.4. The molecule has 120 valence electrons. The molecule has 3 rings (SSSR count). The summed E-state index contributed by atoms with van der Waals surface area (Å²) in [6, 6.07) is 7.41. The molecule has 0 bridgehead atoms. The molecule has 0 aliphatic heterocycles. The van der Waals surface area contributed by atoms with Crippen molar-refractivity contribution in [2.24, 2.45) is 0 Å². The number of hydrogen-bond acceptors (Lipinski definition) is 4. The molecule has 0 atom stereocenters. The van der Waals surface area contributed by atoms with Crippen molar-refractivity contribution in [1.29, 1.82) is 0 Å². The van der Waals surface area contributed by atoms with Crippen molar-refractivity contribution in [1.82, 2.24) is 9.97 Å². The van der Waals surface area contributed by atoms with Gasteiger partial charge < -0.3 is 10.3 Å². The van der Waals surface area contributed by atoms with Crippen LogP contribution in [0.3, 0.4) is 0 Å². The first kappa shape index (κ1) is 16.3. The van der Waals surface area contributed by atoms with Gasteiger partial charge in [-0.25, -0.2) is 4.79 Å². The number of carbonyl (C=O) groups is 1. The second-order valence-corrected chi connectivity index (χ2v) is 7.23. The van der Waals surface area contributed by atoms with E-state index in [0.717, 1.165) is 47.1 Å². The molecule has 1 aromatic carbocycles. The number of aryl methyl sites for hydroxylation is 1.